The molecular weight excluding hydrogens is 302 g/mol. The molecule has 1 aromatic heterocycles. The number of nitro groups is 1. The first kappa shape index (κ1) is 18.6. The van der Waals surface area contributed by atoms with Gasteiger partial charge >= 0.3 is 11.7 Å². The molecule has 0 aliphatic rings. The van der Waals surface area contributed by atoms with Gasteiger partial charge in [0.2, 0.25) is 5.82 Å². The van der Waals surface area contributed by atoms with Crippen LogP contribution in [0.25, 0.3) is 0 Å². The summed E-state index contributed by atoms with van der Waals surface area (Å²) in [7, 11) is 3.84. The lowest BCUT2D eigenvalue weighted by molar-refractivity contribution is -0.383. The Kier molecular flexibility index (Phi) is 6.70. The van der Waals surface area contributed by atoms with Crippen LogP contribution in [0.4, 0.5) is 17.2 Å². The monoisotopic (exact) mass is 325 g/mol. The molecule has 0 bridgehead atoms. The van der Waals surface area contributed by atoms with Gasteiger partial charge in [-0.2, -0.15) is 0 Å². The minimum absolute atomic E-state index is 0.00436. The van der Waals surface area contributed by atoms with Crippen molar-refractivity contribution in [2.24, 2.45) is 0 Å². The maximum atomic E-state index is 11.5. The minimum Gasteiger partial charge on any atom is -0.478 e. The second-order valence-corrected chi connectivity index (χ2v) is 5.32. The SMILES string of the molecule is CCNc1nc(C)c(C(=O)O)c(NCCCN(C)C)c1[N+](=O)[O-]. The van der Waals surface area contributed by atoms with E-state index >= 15 is 0 Å². The Balaban J connectivity index is 3.29. The Labute approximate surface area is 134 Å². The van der Waals surface area contributed by atoms with E-state index in [1.54, 1.807) is 6.92 Å². The summed E-state index contributed by atoms with van der Waals surface area (Å²) in [6.07, 6.45) is 0.723. The lowest BCUT2D eigenvalue weighted by atomic mass is 10.1. The fraction of sp³-hybridized carbons (Fsp3) is 0.571. The van der Waals surface area contributed by atoms with E-state index in [9.17, 15) is 20.0 Å². The zero-order valence-electron chi connectivity index (χ0n) is 13.8. The third-order valence-electron chi connectivity index (χ3n) is 3.18. The van der Waals surface area contributed by atoms with E-state index in [1.165, 1.54) is 6.92 Å². The lowest BCUT2D eigenvalue weighted by Gasteiger charge is -2.15. The predicted molar refractivity (Wildman–Crippen MR) is 88.4 cm³/mol. The van der Waals surface area contributed by atoms with Crippen molar-refractivity contribution in [3.05, 3.63) is 21.4 Å². The number of carboxylic acid groups (broad SMARTS) is 1. The molecule has 9 nitrogen and oxygen atoms in total. The van der Waals surface area contributed by atoms with Gasteiger partial charge in [0.05, 0.1) is 10.6 Å². The number of pyridine rings is 1. The van der Waals surface area contributed by atoms with Gasteiger partial charge in [0.1, 0.15) is 11.3 Å². The molecule has 0 atom stereocenters. The average Bonchev–Trinajstić information content (AvgIpc) is 2.42. The van der Waals surface area contributed by atoms with Crippen LogP contribution in [0.2, 0.25) is 0 Å². The van der Waals surface area contributed by atoms with Crippen LogP contribution in [0.3, 0.4) is 0 Å². The molecule has 9 heteroatoms. The van der Waals surface area contributed by atoms with Crippen molar-refractivity contribution < 1.29 is 14.8 Å². The van der Waals surface area contributed by atoms with Crippen LogP contribution in [0.15, 0.2) is 0 Å². The molecule has 1 heterocycles. The van der Waals surface area contributed by atoms with Crippen LogP contribution < -0.4 is 10.6 Å². The summed E-state index contributed by atoms with van der Waals surface area (Å²) in [5, 5.41) is 26.5. The molecule has 0 aromatic carbocycles. The Bertz CT molecular complexity index is 589. The van der Waals surface area contributed by atoms with Crippen molar-refractivity contribution in [3.63, 3.8) is 0 Å². The first-order chi connectivity index (χ1) is 10.8. The van der Waals surface area contributed by atoms with Gasteiger partial charge in [0.25, 0.3) is 0 Å². The molecule has 128 valence electrons. The standard InChI is InChI=1S/C14H23N5O4/c1-5-15-13-12(19(22)23)11(16-7-6-8-18(3)4)10(14(20)21)9(2)17-13/h5-8H2,1-4H3,(H,20,21)(H2,15,16,17). The maximum absolute atomic E-state index is 11.5. The van der Waals surface area contributed by atoms with Crippen LogP contribution in [0.1, 0.15) is 29.4 Å². The normalized spacial score (nSPS) is 10.7. The quantitative estimate of drug-likeness (QED) is 0.357. The fourth-order valence-corrected chi connectivity index (χ4v) is 2.21. The molecule has 3 N–H and O–H groups in total. The first-order valence-corrected chi connectivity index (χ1v) is 7.34. The Hall–Kier alpha value is -2.42. The van der Waals surface area contributed by atoms with Gasteiger partial charge in [-0.3, -0.25) is 10.1 Å². The van der Waals surface area contributed by atoms with Crippen LogP contribution in [-0.4, -0.2) is 59.6 Å². The highest BCUT2D eigenvalue weighted by molar-refractivity contribution is 5.99. The van der Waals surface area contributed by atoms with Crippen molar-refractivity contribution in [3.8, 4) is 0 Å². The largest absolute Gasteiger partial charge is 0.478 e. The molecule has 23 heavy (non-hydrogen) atoms. The van der Waals surface area contributed by atoms with Crippen molar-refractivity contribution in [2.75, 3.05) is 44.4 Å². The number of aromatic nitrogens is 1. The van der Waals surface area contributed by atoms with E-state index in [4.69, 9.17) is 0 Å². The lowest BCUT2D eigenvalue weighted by Crippen LogP contribution is -2.19. The van der Waals surface area contributed by atoms with E-state index < -0.39 is 10.9 Å². The summed E-state index contributed by atoms with van der Waals surface area (Å²) in [6, 6.07) is 0. The molecule has 1 aromatic rings. The van der Waals surface area contributed by atoms with Crippen LogP contribution in [0, 0.1) is 17.0 Å². The van der Waals surface area contributed by atoms with Gasteiger partial charge < -0.3 is 20.6 Å². The molecule has 0 unspecified atom stereocenters. The number of nitrogens with one attached hydrogen (secondary N) is 2. The zero-order valence-corrected chi connectivity index (χ0v) is 13.8. The van der Waals surface area contributed by atoms with Gasteiger partial charge in [0, 0.05) is 13.1 Å². The number of carbonyl (C=O) groups is 1. The van der Waals surface area contributed by atoms with E-state index in [0.29, 0.717) is 13.1 Å². The topological polar surface area (TPSA) is 121 Å². The highest BCUT2D eigenvalue weighted by atomic mass is 16.6. The smallest absolute Gasteiger partial charge is 0.339 e. The number of aromatic carboxylic acids is 1. The number of nitrogens with zero attached hydrogens (tertiary/aromatic N) is 3. The van der Waals surface area contributed by atoms with E-state index in [1.807, 2.05) is 19.0 Å². The summed E-state index contributed by atoms with van der Waals surface area (Å²) >= 11 is 0. The molecule has 0 radical (unpaired) electrons. The van der Waals surface area contributed by atoms with E-state index in [-0.39, 0.29) is 28.5 Å². The van der Waals surface area contributed by atoms with Crippen molar-refractivity contribution >= 4 is 23.2 Å². The number of aryl methyl sites for hydroxylation is 1. The van der Waals surface area contributed by atoms with E-state index in [2.05, 4.69) is 15.6 Å². The van der Waals surface area contributed by atoms with Gasteiger partial charge in [-0.25, -0.2) is 9.78 Å². The number of anilines is 2. The molecule has 0 saturated carbocycles. The zero-order chi connectivity index (χ0) is 17.6. The summed E-state index contributed by atoms with van der Waals surface area (Å²) in [4.78, 5) is 28.3. The highest BCUT2D eigenvalue weighted by Gasteiger charge is 2.29. The number of carboxylic acids is 1. The van der Waals surface area contributed by atoms with Crippen LogP contribution in [-0.2, 0) is 0 Å². The van der Waals surface area contributed by atoms with Gasteiger partial charge in [-0.15, -0.1) is 0 Å². The summed E-state index contributed by atoms with van der Waals surface area (Å²) in [6.45, 7) is 4.97. The van der Waals surface area contributed by atoms with Gasteiger partial charge in [-0.05, 0) is 40.9 Å². The summed E-state index contributed by atoms with van der Waals surface area (Å²) in [5.41, 5.74) is -0.262. The molecular formula is C14H23N5O4. The summed E-state index contributed by atoms with van der Waals surface area (Å²) in [5.74, 6) is -1.16. The third-order valence-corrected chi connectivity index (χ3v) is 3.18. The second kappa shape index (κ2) is 8.28. The molecule has 0 saturated heterocycles. The number of rotatable bonds is 9. The van der Waals surface area contributed by atoms with E-state index in [0.717, 1.165) is 13.0 Å². The molecule has 1 rings (SSSR count). The number of hydrogen-bond acceptors (Lipinski definition) is 7. The fourth-order valence-electron chi connectivity index (χ4n) is 2.21. The number of hydrogen-bond donors (Lipinski definition) is 3. The predicted octanol–water partition coefficient (Wildman–Crippen LogP) is 1.79. The summed E-state index contributed by atoms with van der Waals surface area (Å²) < 4.78 is 0. The Morgan fingerprint density at radius 2 is 2.04 bits per heavy atom. The molecule has 0 amide bonds. The van der Waals surface area contributed by atoms with Crippen molar-refractivity contribution in [2.45, 2.75) is 20.3 Å². The molecule has 0 aliphatic carbocycles. The Morgan fingerprint density at radius 3 is 2.52 bits per heavy atom. The van der Waals surface area contributed by atoms with Gasteiger partial charge in [0.15, 0.2) is 0 Å². The molecule has 0 spiro atoms. The van der Waals surface area contributed by atoms with Crippen LogP contribution in [0.5, 0.6) is 0 Å². The van der Waals surface area contributed by atoms with Crippen molar-refractivity contribution in [1.29, 1.82) is 0 Å². The first-order valence-electron chi connectivity index (χ1n) is 7.34. The highest BCUT2D eigenvalue weighted by Crippen LogP contribution is 2.36. The minimum atomic E-state index is -1.24. The average molecular weight is 325 g/mol. The molecule has 0 aliphatic heterocycles. The second-order valence-electron chi connectivity index (χ2n) is 5.32. The third kappa shape index (κ3) is 4.78. The molecule has 0 fully saturated rings. The van der Waals surface area contributed by atoms with Crippen molar-refractivity contribution in [1.82, 2.24) is 9.88 Å². The Morgan fingerprint density at radius 1 is 1.39 bits per heavy atom. The van der Waals surface area contributed by atoms with Crippen LogP contribution >= 0.6 is 0 Å². The maximum Gasteiger partial charge on any atom is 0.339 e. The van der Waals surface area contributed by atoms with Gasteiger partial charge in [-0.1, -0.05) is 0 Å².